The summed E-state index contributed by atoms with van der Waals surface area (Å²) in [6, 6.07) is 1.08. The van der Waals surface area contributed by atoms with Gasteiger partial charge < -0.3 is 15.8 Å². The van der Waals surface area contributed by atoms with E-state index < -0.39 is 12.0 Å². The Labute approximate surface area is 98.2 Å². The van der Waals surface area contributed by atoms with Crippen LogP contribution in [0.2, 0.25) is 0 Å². The molecule has 0 saturated heterocycles. The number of carbonyl (C=O) groups excluding carboxylic acids is 1. The molecule has 1 atom stereocenters. The second-order valence-corrected chi connectivity index (χ2v) is 3.49. The van der Waals surface area contributed by atoms with Crippen LogP contribution in [0.3, 0.4) is 0 Å². The largest absolute Gasteiger partial charge is 0.467 e. The molecule has 0 aliphatic rings. The van der Waals surface area contributed by atoms with Gasteiger partial charge in [0.25, 0.3) is 0 Å². The van der Waals surface area contributed by atoms with E-state index in [9.17, 15) is 4.79 Å². The van der Waals surface area contributed by atoms with Gasteiger partial charge in [0.2, 0.25) is 0 Å². The summed E-state index contributed by atoms with van der Waals surface area (Å²) >= 11 is 4.85. The molecule has 0 aliphatic carbocycles. The van der Waals surface area contributed by atoms with Crippen molar-refractivity contribution in [3.63, 3.8) is 0 Å². The first-order valence-electron chi connectivity index (χ1n) is 4.52. The first-order chi connectivity index (χ1) is 7.56. The molecule has 1 rings (SSSR count). The Kier molecular flexibility index (Phi) is 4.12. The number of aromatic nitrogens is 2. The van der Waals surface area contributed by atoms with Crippen LogP contribution in [0.1, 0.15) is 12.5 Å². The number of nitrogens with two attached hydrogens (primary N) is 1. The Hall–Kier alpha value is -1.76. The van der Waals surface area contributed by atoms with E-state index in [1.165, 1.54) is 13.3 Å². The number of rotatable bonds is 4. The monoisotopic (exact) mass is 240 g/mol. The number of anilines is 1. The lowest BCUT2D eigenvalue weighted by atomic mass is 10.2. The zero-order valence-corrected chi connectivity index (χ0v) is 9.75. The molecule has 0 radical (unpaired) electrons. The van der Waals surface area contributed by atoms with E-state index in [2.05, 4.69) is 20.3 Å². The van der Waals surface area contributed by atoms with E-state index >= 15 is 0 Å². The first kappa shape index (κ1) is 12.3. The quantitative estimate of drug-likeness (QED) is 0.569. The molecule has 0 aromatic carbocycles. The summed E-state index contributed by atoms with van der Waals surface area (Å²) in [6.45, 7) is 1.64. The third-order valence-electron chi connectivity index (χ3n) is 1.89. The minimum absolute atomic E-state index is 0.189. The molecule has 1 aromatic rings. The van der Waals surface area contributed by atoms with Crippen molar-refractivity contribution in [2.24, 2.45) is 5.73 Å². The lowest BCUT2D eigenvalue weighted by molar-refractivity contribution is -0.141. The lowest BCUT2D eigenvalue weighted by Crippen LogP contribution is -2.29. The molecule has 86 valence electrons. The fourth-order valence-corrected chi connectivity index (χ4v) is 1.24. The van der Waals surface area contributed by atoms with Gasteiger partial charge in [-0.1, -0.05) is 12.2 Å². The molecule has 0 aliphatic heterocycles. The maximum atomic E-state index is 11.2. The molecular formula is C9H12N4O2S. The van der Waals surface area contributed by atoms with Crippen molar-refractivity contribution in [3.05, 3.63) is 17.8 Å². The zero-order chi connectivity index (χ0) is 12.1. The van der Waals surface area contributed by atoms with Gasteiger partial charge in [-0.2, -0.15) is 5.10 Å². The van der Waals surface area contributed by atoms with E-state index in [4.69, 9.17) is 18.0 Å². The zero-order valence-electron chi connectivity index (χ0n) is 8.93. The molecule has 0 saturated carbocycles. The van der Waals surface area contributed by atoms with Crippen molar-refractivity contribution >= 4 is 29.0 Å². The molecule has 1 heterocycles. The van der Waals surface area contributed by atoms with Crippen molar-refractivity contribution in [3.8, 4) is 0 Å². The minimum atomic E-state index is -0.546. The number of ether oxygens (including phenoxy) is 1. The van der Waals surface area contributed by atoms with Gasteiger partial charge in [0, 0.05) is 0 Å². The number of hydrogen-bond donors (Lipinski definition) is 2. The smallest absolute Gasteiger partial charge is 0.328 e. The summed E-state index contributed by atoms with van der Waals surface area (Å²) in [6.07, 6.45) is 1.47. The van der Waals surface area contributed by atoms with Gasteiger partial charge in [0.05, 0.1) is 18.9 Å². The number of nitrogens with one attached hydrogen (secondary N) is 1. The number of methoxy groups -OCH3 is 1. The van der Waals surface area contributed by atoms with Crippen LogP contribution in [0.15, 0.2) is 12.3 Å². The first-order valence-corrected chi connectivity index (χ1v) is 4.93. The van der Waals surface area contributed by atoms with Crippen LogP contribution in [-0.4, -0.2) is 34.3 Å². The summed E-state index contributed by atoms with van der Waals surface area (Å²) < 4.78 is 4.57. The number of hydrogen-bond acceptors (Lipinski definition) is 6. The van der Waals surface area contributed by atoms with Crippen molar-refractivity contribution in [1.29, 1.82) is 0 Å². The van der Waals surface area contributed by atoms with Gasteiger partial charge in [0.15, 0.2) is 5.82 Å². The predicted molar refractivity (Wildman–Crippen MR) is 63.0 cm³/mol. The van der Waals surface area contributed by atoms with Gasteiger partial charge in [-0.05, 0) is 13.0 Å². The topological polar surface area (TPSA) is 90.1 Å². The summed E-state index contributed by atoms with van der Waals surface area (Å²) in [5.74, 6) is -0.0348. The number of esters is 1. The van der Waals surface area contributed by atoms with Crippen LogP contribution in [0.4, 0.5) is 5.82 Å². The van der Waals surface area contributed by atoms with Crippen molar-refractivity contribution < 1.29 is 9.53 Å². The van der Waals surface area contributed by atoms with Crippen LogP contribution in [0.25, 0.3) is 0 Å². The van der Waals surface area contributed by atoms with Gasteiger partial charge in [0.1, 0.15) is 11.0 Å². The highest BCUT2D eigenvalue weighted by Crippen LogP contribution is 2.11. The highest BCUT2D eigenvalue weighted by atomic mass is 32.1. The molecule has 0 bridgehead atoms. The molecule has 0 spiro atoms. The fourth-order valence-electron chi connectivity index (χ4n) is 1.08. The van der Waals surface area contributed by atoms with Gasteiger partial charge in [-0.3, -0.25) is 0 Å². The van der Waals surface area contributed by atoms with Crippen molar-refractivity contribution in [2.45, 2.75) is 13.0 Å². The van der Waals surface area contributed by atoms with Gasteiger partial charge in [-0.25, -0.2) is 4.79 Å². The van der Waals surface area contributed by atoms with Crippen LogP contribution in [0, 0.1) is 0 Å². The Balaban J connectivity index is 2.88. The molecular weight excluding hydrogens is 228 g/mol. The molecule has 0 amide bonds. The number of carbonyl (C=O) groups is 1. The van der Waals surface area contributed by atoms with E-state index in [1.807, 2.05) is 0 Å². The van der Waals surface area contributed by atoms with Crippen molar-refractivity contribution in [2.75, 3.05) is 12.4 Å². The third kappa shape index (κ3) is 2.86. The fraction of sp³-hybridized carbons (Fsp3) is 0.333. The Morgan fingerprint density at radius 1 is 1.69 bits per heavy atom. The molecule has 6 nitrogen and oxygen atoms in total. The number of nitrogens with zero attached hydrogens (tertiary/aromatic N) is 2. The Morgan fingerprint density at radius 3 is 2.94 bits per heavy atom. The highest BCUT2D eigenvalue weighted by molar-refractivity contribution is 7.80. The molecule has 1 unspecified atom stereocenters. The van der Waals surface area contributed by atoms with Crippen LogP contribution < -0.4 is 11.1 Å². The predicted octanol–water partition coefficient (Wildman–Crippen LogP) is 0.0842. The summed E-state index contributed by atoms with van der Waals surface area (Å²) in [5.41, 5.74) is 6.05. The van der Waals surface area contributed by atoms with E-state index in [-0.39, 0.29) is 4.99 Å². The lowest BCUT2D eigenvalue weighted by Gasteiger charge is -2.13. The molecule has 7 heteroatoms. The minimum Gasteiger partial charge on any atom is -0.467 e. The summed E-state index contributed by atoms with van der Waals surface area (Å²) in [4.78, 5) is 11.4. The van der Waals surface area contributed by atoms with Gasteiger partial charge in [-0.15, -0.1) is 5.10 Å². The maximum absolute atomic E-state index is 11.2. The normalized spacial score (nSPS) is 11.6. The molecule has 16 heavy (non-hydrogen) atoms. The standard InChI is InChI=1S/C9H12N4O2S/c1-5(9(14)15-2)12-8-6(7(10)16)3-4-11-13-8/h3-5H,1-2H3,(H2,10,16)(H,12,13). The van der Waals surface area contributed by atoms with Crippen LogP contribution in [-0.2, 0) is 9.53 Å². The van der Waals surface area contributed by atoms with Crippen LogP contribution in [0.5, 0.6) is 0 Å². The van der Waals surface area contributed by atoms with Crippen LogP contribution >= 0.6 is 12.2 Å². The van der Waals surface area contributed by atoms with Gasteiger partial charge >= 0.3 is 5.97 Å². The average molecular weight is 240 g/mol. The second-order valence-electron chi connectivity index (χ2n) is 3.05. The Morgan fingerprint density at radius 2 is 2.38 bits per heavy atom. The number of thiocarbonyl (C=S) groups is 1. The molecule has 1 aromatic heterocycles. The second kappa shape index (κ2) is 5.36. The van der Waals surface area contributed by atoms with E-state index in [1.54, 1.807) is 13.0 Å². The molecule has 0 fully saturated rings. The van der Waals surface area contributed by atoms with E-state index in [0.717, 1.165) is 0 Å². The highest BCUT2D eigenvalue weighted by Gasteiger charge is 2.16. The maximum Gasteiger partial charge on any atom is 0.328 e. The third-order valence-corrected chi connectivity index (χ3v) is 2.11. The average Bonchev–Trinajstić information content (AvgIpc) is 2.28. The summed E-state index contributed by atoms with van der Waals surface area (Å²) in [7, 11) is 1.31. The van der Waals surface area contributed by atoms with E-state index in [0.29, 0.717) is 11.4 Å². The molecule has 3 N–H and O–H groups in total. The Bertz CT molecular complexity index is 410. The summed E-state index contributed by atoms with van der Waals surface area (Å²) in [5, 5.41) is 10.3. The SMILES string of the molecule is COC(=O)C(C)Nc1nnccc1C(N)=S. The van der Waals surface area contributed by atoms with Crippen molar-refractivity contribution in [1.82, 2.24) is 10.2 Å².